The number of amides is 1. The molecule has 0 saturated carbocycles. The number of rotatable bonds is 5. The van der Waals surface area contributed by atoms with Crippen LogP contribution in [0.2, 0.25) is 0 Å². The molecule has 3 aromatic rings. The molecule has 0 bridgehead atoms. The number of pyridine rings is 1. The zero-order valence-electron chi connectivity index (χ0n) is 15.4. The predicted octanol–water partition coefficient (Wildman–Crippen LogP) is 4.05. The molecular formula is C21H17F3N2O3. The quantitative estimate of drug-likeness (QED) is 0.654. The third-order valence-corrected chi connectivity index (χ3v) is 4.10. The van der Waals surface area contributed by atoms with E-state index in [0.717, 1.165) is 11.1 Å². The van der Waals surface area contributed by atoms with Crippen molar-refractivity contribution in [2.24, 2.45) is 0 Å². The van der Waals surface area contributed by atoms with Crippen LogP contribution in [0.4, 0.5) is 13.2 Å². The molecule has 0 atom stereocenters. The average Bonchev–Trinajstić information content (AvgIpc) is 2.69. The van der Waals surface area contributed by atoms with E-state index in [0.29, 0.717) is 16.6 Å². The Morgan fingerprint density at radius 3 is 2.45 bits per heavy atom. The lowest BCUT2D eigenvalue weighted by molar-refractivity contribution is -0.140. The van der Waals surface area contributed by atoms with Crippen molar-refractivity contribution < 1.29 is 27.5 Å². The number of aromatic nitrogens is 1. The minimum Gasteiger partial charge on any atom is -0.452 e. The lowest BCUT2D eigenvalue weighted by atomic mass is 10.0. The van der Waals surface area contributed by atoms with Crippen LogP contribution in [0.3, 0.4) is 0 Å². The summed E-state index contributed by atoms with van der Waals surface area (Å²) in [6, 6.07) is 16.0. The van der Waals surface area contributed by atoms with Gasteiger partial charge in [-0.25, -0.2) is 9.78 Å². The summed E-state index contributed by atoms with van der Waals surface area (Å²) in [7, 11) is 0. The van der Waals surface area contributed by atoms with Gasteiger partial charge in [0.25, 0.3) is 5.91 Å². The molecule has 1 amide bonds. The lowest BCUT2D eigenvalue weighted by Gasteiger charge is -2.11. The van der Waals surface area contributed by atoms with Crippen LogP contribution in [0.25, 0.3) is 22.2 Å². The monoisotopic (exact) mass is 402 g/mol. The average molecular weight is 402 g/mol. The van der Waals surface area contributed by atoms with E-state index < -0.39 is 31.2 Å². The maximum absolute atomic E-state index is 12.5. The molecule has 0 unspecified atom stereocenters. The molecule has 1 aromatic heterocycles. The number of carbonyl (C=O) groups is 2. The molecule has 5 nitrogen and oxygen atoms in total. The number of nitrogens with zero attached hydrogens (tertiary/aromatic N) is 1. The van der Waals surface area contributed by atoms with Crippen molar-refractivity contribution in [3.8, 4) is 11.3 Å². The summed E-state index contributed by atoms with van der Waals surface area (Å²) in [4.78, 5) is 28.6. The van der Waals surface area contributed by atoms with E-state index >= 15 is 0 Å². The summed E-state index contributed by atoms with van der Waals surface area (Å²) in [5, 5.41) is 2.17. The van der Waals surface area contributed by atoms with Gasteiger partial charge < -0.3 is 10.1 Å². The van der Waals surface area contributed by atoms with Crippen LogP contribution in [-0.2, 0) is 9.53 Å². The van der Waals surface area contributed by atoms with E-state index in [1.54, 1.807) is 35.6 Å². The van der Waals surface area contributed by atoms with Gasteiger partial charge >= 0.3 is 12.1 Å². The molecule has 150 valence electrons. The Labute approximate surface area is 164 Å². The Bertz CT molecular complexity index is 1050. The van der Waals surface area contributed by atoms with Crippen LogP contribution >= 0.6 is 0 Å². The Balaban J connectivity index is 1.84. The maximum Gasteiger partial charge on any atom is 0.405 e. The molecular weight excluding hydrogens is 385 g/mol. The first-order chi connectivity index (χ1) is 13.7. The third kappa shape index (κ3) is 5.31. The first kappa shape index (κ1) is 20.3. The number of hydrogen-bond acceptors (Lipinski definition) is 4. The van der Waals surface area contributed by atoms with Crippen molar-refractivity contribution in [1.29, 1.82) is 0 Å². The molecule has 3 rings (SSSR count). The number of nitrogens with one attached hydrogen (secondary N) is 1. The zero-order valence-corrected chi connectivity index (χ0v) is 15.4. The highest BCUT2D eigenvalue weighted by Crippen LogP contribution is 2.25. The SMILES string of the molecule is Cc1ccc(-c2cc(C(=O)OCC(=O)NCC(F)(F)F)c3ccccc3n2)cc1. The van der Waals surface area contributed by atoms with Crippen LogP contribution in [0.15, 0.2) is 54.6 Å². The number of halogens is 3. The van der Waals surface area contributed by atoms with Crippen LogP contribution in [0.5, 0.6) is 0 Å². The number of aryl methyl sites for hydroxylation is 1. The second-order valence-electron chi connectivity index (χ2n) is 6.41. The lowest BCUT2D eigenvalue weighted by Crippen LogP contribution is -2.36. The fourth-order valence-electron chi connectivity index (χ4n) is 2.68. The van der Waals surface area contributed by atoms with Crippen molar-refractivity contribution in [3.63, 3.8) is 0 Å². The zero-order chi connectivity index (χ0) is 21.0. The number of esters is 1. The molecule has 1 N–H and O–H groups in total. The molecule has 0 spiro atoms. The van der Waals surface area contributed by atoms with Gasteiger partial charge in [-0.2, -0.15) is 13.2 Å². The Hall–Kier alpha value is -3.42. The molecule has 0 aliphatic carbocycles. The number of hydrogen-bond donors (Lipinski definition) is 1. The summed E-state index contributed by atoms with van der Waals surface area (Å²) in [6.07, 6.45) is -4.54. The summed E-state index contributed by atoms with van der Waals surface area (Å²) in [5.41, 5.74) is 3.13. The molecule has 0 fully saturated rings. The Morgan fingerprint density at radius 1 is 1.07 bits per heavy atom. The molecule has 8 heteroatoms. The van der Waals surface area contributed by atoms with Crippen LogP contribution in [0, 0.1) is 6.92 Å². The second-order valence-corrected chi connectivity index (χ2v) is 6.41. The van der Waals surface area contributed by atoms with Crippen molar-refractivity contribution in [3.05, 3.63) is 65.7 Å². The van der Waals surface area contributed by atoms with Crippen molar-refractivity contribution in [1.82, 2.24) is 10.3 Å². The van der Waals surface area contributed by atoms with Gasteiger partial charge in [0.05, 0.1) is 16.8 Å². The maximum atomic E-state index is 12.5. The van der Waals surface area contributed by atoms with Gasteiger partial charge in [-0.1, -0.05) is 48.0 Å². The van der Waals surface area contributed by atoms with E-state index in [4.69, 9.17) is 4.74 Å². The highest BCUT2D eigenvalue weighted by atomic mass is 19.4. The van der Waals surface area contributed by atoms with Crippen molar-refractivity contribution in [2.75, 3.05) is 13.2 Å². The molecule has 0 radical (unpaired) electrons. The summed E-state index contributed by atoms with van der Waals surface area (Å²) in [5.74, 6) is -1.85. The van der Waals surface area contributed by atoms with Gasteiger partial charge in [-0.05, 0) is 19.1 Å². The van der Waals surface area contributed by atoms with Gasteiger partial charge in [-0.3, -0.25) is 4.79 Å². The fourth-order valence-corrected chi connectivity index (χ4v) is 2.68. The number of ether oxygens (including phenoxy) is 1. The molecule has 29 heavy (non-hydrogen) atoms. The first-order valence-corrected chi connectivity index (χ1v) is 8.70. The molecule has 1 heterocycles. The topological polar surface area (TPSA) is 68.3 Å². The van der Waals surface area contributed by atoms with Crippen LogP contribution < -0.4 is 5.32 Å². The summed E-state index contributed by atoms with van der Waals surface area (Å²) < 4.78 is 41.4. The van der Waals surface area contributed by atoms with E-state index in [1.807, 2.05) is 31.2 Å². The van der Waals surface area contributed by atoms with Crippen molar-refractivity contribution in [2.45, 2.75) is 13.1 Å². The van der Waals surface area contributed by atoms with E-state index in [9.17, 15) is 22.8 Å². The number of benzene rings is 2. The molecule has 0 saturated heterocycles. The highest BCUT2D eigenvalue weighted by Gasteiger charge is 2.28. The summed E-state index contributed by atoms with van der Waals surface area (Å²) >= 11 is 0. The predicted molar refractivity (Wildman–Crippen MR) is 101 cm³/mol. The molecule has 2 aromatic carbocycles. The van der Waals surface area contributed by atoms with Gasteiger partial charge in [0.1, 0.15) is 6.54 Å². The first-order valence-electron chi connectivity index (χ1n) is 8.70. The van der Waals surface area contributed by atoms with Gasteiger partial charge in [0.15, 0.2) is 6.61 Å². The van der Waals surface area contributed by atoms with Crippen molar-refractivity contribution >= 4 is 22.8 Å². The fraction of sp³-hybridized carbons (Fsp3) is 0.190. The summed E-state index contributed by atoms with van der Waals surface area (Å²) in [6.45, 7) is -0.352. The van der Waals surface area contributed by atoms with Gasteiger partial charge in [0, 0.05) is 10.9 Å². The third-order valence-electron chi connectivity index (χ3n) is 4.10. The number of alkyl halides is 3. The van der Waals surface area contributed by atoms with E-state index in [2.05, 4.69) is 4.98 Å². The number of fused-ring (bicyclic) bond motifs is 1. The standard InChI is InChI=1S/C21H17F3N2O3/c1-13-6-8-14(9-7-13)18-10-16(15-4-2-3-5-17(15)26-18)20(28)29-11-19(27)25-12-21(22,23)24/h2-10H,11-12H2,1H3,(H,25,27). The highest BCUT2D eigenvalue weighted by molar-refractivity contribution is 6.05. The normalized spacial score (nSPS) is 11.3. The molecule has 0 aliphatic heterocycles. The van der Waals surface area contributed by atoms with Crippen LogP contribution in [0.1, 0.15) is 15.9 Å². The Morgan fingerprint density at radius 2 is 1.76 bits per heavy atom. The van der Waals surface area contributed by atoms with E-state index in [-0.39, 0.29) is 5.56 Å². The van der Waals surface area contributed by atoms with Gasteiger partial charge in [-0.15, -0.1) is 0 Å². The van der Waals surface area contributed by atoms with Crippen LogP contribution in [-0.4, -0.2) is 36.2 Å². The van der Waals surface area contributed by atoms with Gasteiger partial charge in [0.2, 0.25) is 0 Å². The van der Waals surface area contributed by atoms with E-state index in [1.165, 1.54) is 0 Å². The number of carbonyl (C=O) groups excluding carboxylic acids is 2. The minimum absolute atomic E-state index is 0.176. The largest absolute Gasteiger partial charge is 0.452 e. The molecule has 0 aliphatic rings. The second kappa shape index (κ2) is 8.30. The number of para-hydroxylation sites is 1. The smallest absolute Gasteiger partial charge is 0.405 e. The minimum atomic E-state index is -4.54. The Kier molecular flexibility index (Phi) is 5.81.